The number of nitrogens with zero attached hydrogens (tertiary/aromatic N) is 4. The minimum absolute atomic E-state index is 0.132. The fraction of sp³-hybridized carbons (Fsp3) is 0.208. The summed E-state index contributed by atoms with van der Waals surface area (Å²) in [7, 11) is -3.41. The number of ether oxygens (including phenoxy) is 2. The maximum atomic E-state index is 11.4. The SMILES string of the molecule is CS(=O)(=O)Nc1cc2cnn(Cc3ccc(Oc4cc(Cl)c(OC5CC5)c(C#N)c4)cc3)c2cn1. The highest BCUT2D eigenvalue weighted by Crippen LogP contribution is 2.38. The van der Waals surface area contributed by atoms with Crippen molar-refractivity contribution in [3.05, 3.63) is 71.0 Å². The lowest BCUT2D eigenvalue weighted by atomic mass is 10.2. The first kappa shape index (κ1) is 23.0. The Morgan fingerprint density at radius 3 is 2.63 bits per heavy atom. The predicted molar refractivity (Wildman–Crippen MR) is 131 cm³/mol. The van der Waals surface area contributed by atoms with Crippen molar-refractivity contribution >= 4 is 38.3 Å². The van der Waals surface area contributed by atoms with E-state index in [1.54, 1.807) is 35.3 Å². The third-order valence-corrected chi connectivity index (χ3v) is 6.12. The third-order valence-electron chi connectivity index (χ3n) is 5.26. The Balaban J connectivity index is 1.29. The molecule has 0 bridgehead atoms. The van der Waals surface area contributed by atoms with Crippen LogP contribution in [0.2, 0.25) is 5.02 Å². The molecule has 35 heavy (non-hydrogen) atoms. The zero-order chi connectivity index (χ0) is 24.6. The van der Waals surface area contributed by atoms with E-state index >= 15 is 0 Å². The maximum absolute atomic E-state index is 11.4. The number of sulfonamides is 1. The molecule has 1 N–H and O–H groups in total. The minimum atomic E-state index is -3.41. The number of hydrogen-bond acceptors (Lipinski definition) is 7. The molecule has 0 aliphatic heterocycles. The predicted octanol–water partition coefficient (Wildman–Crippen LogP) is 4.71. The summed E-state index contributed by atoms with van der Waals surface area (Å²) < 4.78 is 38.6. The zero-order valence-electron chi connectivity index (χ0n) is 18.6. The number of rotatable bonds is 8. The molecular formula is C24H20ClN5O4S. The molecule has 2 aromatic heterocycles. The lowest BCUT2D eigenvalue weighted by molar-refractivity contribution is 0.302. The van der Waals surface area contributed by atoms with Crippen LogP contribution >= 0.6 is 11.6 Å². The van der Waals surface area contributed by atoms with Gasteiger partial charge in [0.15, 0.2) is 5.75 Å². The summed E-state index contributed by atoms with van der Waals surface area (Å²) in [6, 6.07) is 14.5. The highest BCUT2D eigenvalue weighted by molar-refractivity contribution is 7.92. The van der Waals surface area contributed by atoms with Crippen molar-refractivity contribution in [2.24, 2.45) is 0 Å². The largest absolute Gasteiger partial charge is 0.487 e. The van der Waals surface area contributed by atoms with Crippen LogP contribution in [0.25, 0.3) is 10.9 Å². The molecule has 178 valence electrons. The second-order valence-electron chi connectivity index (χ2n) is 8.26. The Kier molecular flexibility index (Phi) is 5.96. The van der Waals surface area contributed by atoms with Crippen LogP contribution in [0.4, 0.5) is 5.82 Å². The number of pyridine rings is 1. The van der Waals surface area contributed by atoms with Gasteiger partial charge in [-0.2, -0.15) is 10.4 Å². The van der Waals surface area contributed by atoms with Crippen LogP contribution in [0, 0.1) is 11.3 Å². The normalized spacial score (nSPS) is 13.4. The average Bonchev–Trinajstić information content (AvgIpc) is 3.55. The molecule has 1 aliphatic rings. The number of anilines is 1. The van der Waals surface area contributed by atoms with E-state index in [4.69, 9.17) is 21.1 Å². The minimum Gasteiger partial charge on any atom is -0.487 e. The van der Waals surface area contributed by atoms with E-state index < -0.39 is 10.0 Å². The van der Waals surface area contributed by atoms with Gasteiger partial charge in [0, 0.05) is 17.5 Å². The quantitative estimate of drug-likeness (QED) is 0.365. The fourth-order valence-electron chi connectivity index (χ4n) is 3.50. The second kappa shape index (κ2) is 9.09. The monoisotopic (exact) mass is 509 g/mol. The molecule has 0 spiro atoms. The van der Waals surface area contributed by atoms with Gasteiger partial charge in [0.25, 0.3) is 0 Å². The Morgan fingerprint density at radius 1 is 1.17 bits per heavy atom. The molecule has 0 amide bonds. The van der Waals surface area contributed by atoms with Crippen molar-refractivity contribution in [1.29, 1.82) is 5.26 Å². The highest BCUT2D eigenvalue weighted by Gasteiger charge is 2.26. The molecular weight excluding hydrogens is 490 g/mol. The van der Waals surface area contributed by atoms with Gasteiger partial charge in [-0.1, -0.05) is 23.7 Å². The Labute approximate surface area is 206 Å². The summed E-state index contributed by atoms with van der Waals surface area (Å²) in [4.78, 5) is 4.16. The van der Waals surface area contributed by atoms with Gasteiger partial charge in [-0.15, -0.1) is 0 Å². The van der Waals surface area contributed by atoms with Crippen LogP contribution in [0.5, 0.6) is 17.2 Å². The van der Waals surface area contributed by atoms with Crippen molar-refractivity contribution in [3.8, 4) is 23.3 Å². The molecule has 5 rings (SSSR count). The van der Waals surface area contributed by atoms with Crippen molar-refractivity contribution in [2.45, 2.75) is 25.5 Å². The van der Waals surface area contributed by atoms with Crippen LogP contribution in [0.3, 0.4) is 0 Å². The Morgan fingerprint density at radius 2 is 1.94 bits per heavy atom. The van der Waals surface area contributed by atoms with E-state index in [2.05, 4.69) is 20.9 Å². The molecule has 1 fully saturated rings. The number of nitriles is 1. The number of benzene rings is 2. The van der Waals surface area contributed by atoms with Gasteiger partial charge in [-0.25, -0.2) is 13.4 Å². The summed E-state index contributed by atoms with van der Waals surface area (Å²) in [5, 5.41) is 15.0. The van der Waals surface area contributed by atoms with Crippen LogP contribution in [0.1, 0.15) is 24.0 Å². The standard InChI is InChI=1S/C24H20ClN5O4S/c1-35(31,32)29-23-9-17-12-28-30(22(17)13-27-23)14-15-2-4-18(5-3-15)33-20-8-16(11-26)24(21(25)10-20)34-19-6-7-19/h2-5,8-10,12-13,19H,6-7,14H2,1H3,(H,27,29). The molecule has 11 heteroatoms. The number of fused-ring (bicyclic) bond motifs is 1. The van der Waals surface area contributed by atoms with Crippen molar-refractivity contribution in [2.75, 3.05) is 11.0 Å². The van der Waals surface area contributed by atoms with Crippen molar-refractivity contribution < 1.29 is 17.9 Å². The lowest BCUT2D eigenvalue weighted by Gasteiger charge is -2.12. The number of hydrogen-bond donors (Lipinski definition) is 1. The van der Waals surface area contributed by atoms with Gasteiger partial charge in [0.05, 0.1) is 47.4 Å². The van der Waals surface area contributed by atoms with E-state index in [0.717, 1.165) is 35.6 Å². The Bertz CT molecular complexity index is 1560. The molecule has 1 saturated carbocycles. The average molecular weight is 510 g/mol. The van der Waals surface area contributed by atoms with E-state index in [0.29, 0.717) is 34.4 Å². The first-order valence-corrected chi connectivity index (χ1v) is 13.0. The molecule has 0 atom stereocenters. The van der Waals surface area contributed by atoms with Gasteiger partial charge in [-0.3, -0.25) is 9.40 Å². The van der Waals surface area contributed by atoms with Gasteiger partial charge in [0.2, 0.25) is 10.0 Å². The zero-order valence-corrected chi connectivity index (χ0v) is 20.2. The van der Waals surface area contributed by atoms with Crippen molar-refractivity contribution in [1.82, 2.24) is 14.8 Å². The Hall–Kier alpha value is -3.81. The van der Waals surface area contributed by atoms with Gasteiger partial charge < -0.3 is 9.47 Å². The summed E-state index contributed by atoms with van der Waals surface area (Å²) in [5.74, 6) is 1.69. The highest BCUT2D eigenvalue weighted by atomic mass is 35.5. The van der Waals surface area contributed by atoms with Gasteiger partial charge in [0.1, 0.15) is 23.4 Å². The van der Waals surface area contributed by atoms with E-state index in [-0.39, 0.29) is 11.9 Å². The molecule has 9 nitrogen and oxygen atoms in total. The smallest absolute Gasteiger partial charge is 0.230 e. The number of nitrogens with one attached hydrogen (secondary N) is 1. The van der Waals surface area contributed by atoms with E-state index in [9.17, 15) is 13.7 Å². The topological polar surface area (TPSA) is 119 Å². The van der Waals surface area contributed by atoms with E-state index in [1.165, 1.54) is 0 Å². The van der Waals surface area contributed by atoms with E-state index in [1.807, 2.05) is 24.3 Å². The number of halogens is 1. The maximum Gasteiger partial charge on any atom is 0.230 e. The molecule has 0 unspecified atom stereocenters. The number of aromatic nitrogens is 3. The summed E-state index contributed by atoms with van der Waals surface area (Å²) in [5.41, 5.74) is 2.09. The lowest BCUT2D eigenvalue weighted by Crippen LogP contribution is -2.10. The molecule has 0 radical (unpaired) electrons. The van der Waals surface area contributed by atoms with Crippen LogP contribution in [0.15, 0.2) is 54.9 Å². The van der Waals surface area contributed by atoms with Crippen LogP contribution in [-0.4, -0.2) is 35.5 Å². The molecule has 2 heterocycles. The molecule has 0 saturated heterocycles. The summed E-state index contributed by atoms with van der Waals surface area (Å²) in [6.45, 7) is 0.488. The van der Waals surface area contributed by atoms with Crippen LogP contribution in [-0.2, 0) is 16.6 Å². The van der Waals surface area contributed by atoms with Gasteiger partial charge in [-0.05, 0) is 36.6 Å². The van der Waals surface area contributed by atoms with Crippen molar-refractivity contribution in [3.63, 3.8) is 0 Å². The summed E-state index contributed by atoms with van der Waals surface area (Å²) in [6.07, 6.45) is 6.39. The first-order valence-electron chi connectivity index (χ1n) is 10.7. The molecule has 1 aliphatic carbocycles. The molecule has 4 aromatic rings. The van der Waals surface area contributed by atoms with Gasteiger partial charge >= 0.3 is 0 Å². The summed E-state index contributed by atoms with van der Waals surface area (Å²) >= 11 is 6.34. The van der Waals surface area contributed by atoms with Crippen LogP contribution < -0.4 is 14.2 Å². The molecule has 2 aromatic carbocycles. The second-order valence-corrected chi connectivity index (χ2v) is 10.4. The fourth-order valence-corrected chi connectivity index (χ4v) is 4.25. The third kappa shape index (κ3) is 5.48. The first-order chi connectivity index (χ1) is 16.8.